The van der Waals surface area contributed by atoms with Crippen LogP contribution in [0.15, 0.2) is 71.2 Å². The van der Waals surface area contributed by atoms with Gasteiger partial charge in [-0.05, 0) is 46.7 Å². The van der Waals surface area contributed by atoms with Crippen LogP contribution >= 0.6 is 11.3 Å². The fourth-order valence-electron chi connectivity index (χ4n) is 6.32. The number of hydrogen-bond acceptors (Lipinski definition) is 5. The maximum atomic E-state index is 13.8. The third-order valence-electron chi connectivity index (χ3n) is 8.13. The normalized spacial score (nSPS) is 22.2. The Balaban J connectivity index is 1.26. The molecule has 0 N–H and O–H groups in total. The van der Waals surface area contributed by atoms with E-state index in [-0.39, 0.29) is 23.8 Å². The lowest BCUT2D eigenvalue weighted by Gasteiger charge is -2.49. The lowest BCUT2D eigenvalue weighted by atomic mass is 9.76. The number of piperazine rings is 1. The fraction of sp³-hybridized carbons (Fsp3) is 0.367. The van der Waals surface area contributed by atoms with Gasteiger partial charge >= 0.3 is 0 Å². The van der Waals surface area contributed by atoms with Gasteiger partial charge in [0.1, 0.15) is 11.6 Å². The van der Waals surface area contributed by atoms with Crippen LogP contribution in [0.4, 0.5) is 0 Å². The van der Waals surface area contributed by atoms with E-state index in [0.717, 1.165) is 47.2 Å². The monoisotopic (exact) mass is 510 g/mol. The topological polar surface area (TPSA) is 67.7 Å². The summed E-state index contributed by atoms with van der Waals surface area (Å²) in [6, 6.07) is 20.8. The molecule has 2 aliphatic heterocycles. The second-order valence-corrected chi connectivity index (χ2v) is 11.1. The summed E-state index contributed by atoms with van der Waals surface area (Å²) in [5.74, 6) is 0.0907. The molecule has 1 aromatic heterocycles. The number of hydrogen-bond donors (Lipinski definition) is 0. The second kappa shape index (κ2) is 10.0. The molecule has 3 heterocycles. The van der Waals surface area contributed by atoms with Crippen molar-refractivity contribution in [2.75, 3.05) is 26.2 Å². The third-order valence-corrected chi connectivity index (χ3v) is 8.99. The zero-order chi connectivity index (χ0) is 25.4. The highest BCUT2D eigenvalue weighted by Crippen LogP contribution is 2.41. The number of nitrogens with zero attached hydrogens (tertiary/aromatic N) is 4. The van der Waals surface area contributed by atoms with Crippen molar-refractivity contribution >= 4 is 33.9 Å². The number of rotatable bonds is 4. The van der Waals surface area contributed by atoms with Gasteiger partial charge in [-0.3, -0.25) is 9.59 Å². The van der Waals surface area contributed by atoms with E-state index in [9.17, 15) is 14.9 Å². The molecule has 2 unspecified atom stereocenters. The quantitative estimate of drug-likeness (QED) is 0.493. The Kier molecular flexibility index (Phi) is 6.43. The minimum absolute atomic E-state index is 0.0703. The minimum atomic E-state index is -0.147. The average Bonchev–Trinajstić information content (AvgIpc) is 3.49. The summed E-state index contributed by atoms with van der Waals surface area (Å²) in [4.78, 5) is 33.5. The number of benzene rings is 2. The van der Waals surface area contributed by atoms with Gasteiger partial charge in [0, 0.05) is 50.4 Å². The molecule has 0 spiro atoms. The van der Waals surface area contributed by atoms with Crippen LogP contribution < -0.4 is 0 Å². The Morgan fingerprint density at radius 1 is 0.973 bits per heavy atom. The molecule has 37 heavy (non-hydrogen) atoms. The predicted octanol–water partition coefficient (Wildman–Crippen LogP) is 5.04. The fourth-order valence-corrected chi connectivity index (χ4v) is 7.01. The lowest BCUT2D eigenvalue weighted by molar-refractivity contribution is -0.133. The molecule has 0 bridgehead atoms. The van der Waals surface area contributed by atoms with Crippen LogP contribution in [0.3, 0.4) is 0 Å². The van der Waals surface area contributed by atoms with Crippen molar-refractivity contribution in [3.8, 4) is 6.07 Å². The highest BCUT2D eigenvalue weighted by molar-refractivity contribution is 7.12. The zero-order valence-corrected chi connectivity index (χ0v) is 21.6. The summed E-state index contributed by atoms with van der Waals surface area (Å²) in [7, 11) is 0. The number of fused-ring (bicyclic) bond motifs is 2. The van der Waals surface area contributed by atoms with E-state index >= 15 is 0 Å². The molecule has 3 aromatic rings. The first-order valence-electron chi connectivity index (χ1n) is 13.1. The third kappa shape index (κ3) is 4.40. The van der Waals surface area contributed by atoms with Gasteiger partial charge in [-0.15, -0.1) is 11.3 Å². The minimum Gasteiger partial charge on any atom is -0.370 e. The van der Waals surface area contributed by atoms with E-state index in [1.807, 2.05) is 39.4 Å². The molecule has 6 nitrogen and oxygen atoms in total. The van der Waals surface area contributed by atoms with Crippen molar-refractivity contribution in [3.05, 3.63) is 81.7 Å². The highest BCUT2D eigenvalue weighted by Gasteiger charge is 2.45. The molecule has 3 aliphatic rings. The molecule has 7 heteroatoms. The molecule has 6 rings (SSSR count). The van der Waals surface area contributed by atoms with Gasteiger partial charge in [-0.2, -0.15) is 5.26 Å². The van der Waals surface area contributed by atoms with Gasteiger partial charge in [0.2, 0.25) is 0 Å². The number of nitriles is 1. The van der Waals surface area contributed by atoms with Gasteiger partial charge in [0.15, 0.2) is 0 Å². The molecule has 188 valence electrons. The first kappa shape index (κ1) is 23.7. The first-order chi connectivity index (χ1) is 18.1. The summed E-state index contributed by atoms with van der Waals surface area (Å²) in [5, 5.41) is 14.5. The number of amides is 2. The maximum absolute atomic E-state index is 13.8. The Labute approximate surface area is 221 Å². The van der Waals surface area contributed by atoms with Crippen LogP contribution in [0.2, 0.25) is 0 Å². The number of carbonyl (C=O) groups is 2. The molecule has 1 aliphatic carbocycles. The summed E-state index contributed by atoms with van der Waals surface area (Å²) >= 11 is 1.47. The highest BCUT2D eigenvalue weighted by atomic mass is 32.1. The van der Waals surface area contributed by atoms with Gasteiger partial charge in [0.05, 0.1) is 4.88 Å². The smallest absolute Gasteiger partial charge is 0.266 e. The maximum Gasteiger partial charge on any atom is 0.266 e. The van der Waals surface area contributed by atoms with E-state index in [1.54, 1.807) is 0 Å². The first-order valence-corrected chi connectivity index (χ1v) is 14.0. The van der Waals surface area contributed by atoms with E-state index < -0.39 is 0 Å². The summed E-state index contributed by atoms with van der Waals surface area (Å²) in [6.45, 7) is 3.03. The zero-order valence-electron chi connectivity index (χ0n) is 20.8. The van der Waals surface area contributed by atoms with Crippen molar-refractivity contribution in [2.45, 2.75) is 38.3 Å². The molecule has 1 saturated carbocycles. The molecule has 2 aromatic carbocycles. The van der Waals surface area contributed by atoms with Crippen LogP contribution in [0.25, 0.3) is 10.8 Å². The summed E-state index contributed by atoms with van der Waals surface area (Å²) in [6.07, 6.45) is 4.16. The number of carbonyl (C=O) groups excluding carboxylic acids is 2. The van der Waals surface area contributed by atoms with Crippen LogP contribution in [0.1, 0.15) is 40.9 Å². The Morgan fingerprint density at radius 3 is 2.51 bits per heavy atom. The number of thiophene rings is 1. The van der Waals surface area contributed by atoms with Crippen LogP contribution in [-0.4, -0.2) is 58.7 Å². The molecular weight excluding hydrogens is 480 g/mol. The van der Waals surface area contributed by atoms with E-state index in [4.69, 9.17) is 0 Å². The predicted molar refractivity (Wildman–Crippen MR) is 145 cm³/mol. The second-order valence-electron chi connectivity index (χ2n) is 10.2. The summed E-state index contributed by atoms with van der Waals surface area (Å²) < 4.78 is 0. The lowest BCUT2D eigenvalue weighted by Crippen LogP contribution is -2.56. The van der Waals surface area contributed by atoms with Gasteiger partial charge in [0.25, 0.3) is 11.8 Å². The van der Waals surface area contributed by atoms with Crippen molar-refractivity contribution in [2.24, 2.45) is 5.92 Å². The standard InChI is InChI=1S/C30H30N4O2S/c31-19-25-28(32-13-15-33(16-14-32)30(36)27-10-5-17-37-27)24-8-3-4-9-26(24)34(29(25)35)20-21-11-12-22-6-1-2-7-23(22)18-21/h1-2,5-7,10-12,17-18,24,26H,3-4,8-9,13-16,20H2. The molecule has 0 radical (unpaired) electrons. The Bertz CT molecular complexity index is 1400. The molecule has 2 amide bonds. The van der Waals surface area contributed by atoms with Crippen molar-refractivity contribution < 1.29 is 9.59 Å². The largest absolute Gasteiger partial charge is 0.370 e. The van der Waals surface area contributed by atoms with Gasteiger partial charge in [-0.25, -0.2) is 0 Å². The summed E-state index contributed by atoms with van der Waals surface area (Å²) in [5.41, 5.74) is 2.31. The van der Waals surface area contributed by atoms with Gasteiger partial charge < -0.3 is 14.7 Å². The molecule has 1 saturated heterocycles. The molecular formula is C30H30N4O2S. The van der Waals surface area contributed by atoms with Crippen LogP contribution in [-0.2, 0) is 11.3 Å². The van der Waals surface area contributed by atoms with E-state index in [1.165, 1.54) is 16.7 Å². The Hall–Kier alpha value is -3.63. The Morgan fingerprint density at radius 2 is 1.76 bits per heavy atom. The van der Waals surface area contributed by atoms with Crippen molar-refractivity contribution in [3.63, 3.8) is 0 Å². The molecule has 2 fully saturated rings. The van der Waals surface area contributed by atoms with Crippen molar-refractivity contribution in [1.29, 1.82) is 5.26 Å². The van der Waals surface area contributed by atoms with E-state index in [2.05, 4.69) is 41.3 Å². The van der Waals surface area contributed by atoms with E-state index in [0.29, 0.717) is 38.3 Å². The van der Waals surface area contributed by atoms with Crippen LogP contribution in [0, 0.1) is 17.2 Å². The molecule has 2 atom stereocenters. The van der Waals surface area contributed by atoms with Crippen molar-refractivity contribution in [1.82, 2.24) is 14.7 Å². The SMILES string of the molecule is N#CC1=C(N2CCN(C(=O)c3cccs3)CC2)C2CCCCC2N(Cc2ccc3ccccc3c2)C1=O. The van der Waals surface area contributed by atoms with Crippen LogP contribution in [0.5, 0.6) is 0 Å². The van der Waals surface area contributed by atoms with Gasteiger partial charge in [-0.1, -0.05) is 55.3 Å². The average molecular weight is 511 g/mol.